The molecule has 0 heterocycles. The van der Waals surface area contributed by atoms with E-state index in [0.717, 1.165) is 0 Å². The van der Waals surface area contributed by atoms with Gasteiger partial charge in [0.05, 0.1) is 0 Å². The smallest absolute Gasteiger partial charge is 0.312 e. The Morgan fingerprint density at radius 3 is 1.43 bits per heavy atom. The third kappa shape index (κ3) is 3.01. The van der Waals surface area contributed by atoms with Crippen LogP contribution in [-0.2, 0) is 9.59 Å². The quantitative estimate of drug-likeness (QED) is 0.616. The van der Waals surface area contributed by atoms with Crippen molar-refractivity contribution in [1.29, 1.82) is 0 Å². The van der Waals surface area contributed by atoms with E-state index in [9.17, 15) is 9.59 Å². The van der Waals surface area contributed by atoms with Crippen LogP contribution in [-0.4, -0.2) is 47.8 Å². The number of likely N-dealkylation sites (N-methyl/N-ethyl adjacent to an activating group) is 1. The van der Waals surface area contributed by atoms with Crippen molar-refractivity contribution in [3.05, 3.63) is 0 Å². The molecule has 0 N–H and O–H groups in total. The third-order valence-corrected chi connectivity index (χ3v) is 1.94. The maximum atomic E-state index is 11.7. The maximum absolute atomic E-state index is 11.7. The first-order valence-corrected chi connectivity index (χ1v) is 4.83. The molecule has 0 saturated carbocycles. The van der Waals surface area contributed by atoms with Crippen LogP contribution in [0.5, 0.6) is 0 Å². The van der Waals surface area contributed by atoms with Gasteiger partial charge in [0.2, 0.25) is 0 Å². The fourth-order valence-electron chi connectivity index (χ4n) is 1.37. The van der Waals surface area contributed by atoms with Gasteiger partial charge in [-0.25, -0.2) is 0 Å². The zero-order valence-corrected chi connectivity index (χ0v) is 9.87. The van der Waals surface area contributed by atoms with Crippen LogP contribution >= 0.6 is 0 Å². The molecule has 0 spiro atoms. The molecular formula is C10H20N2O2. The molecule has 0 aliphatic heterocycles. The standard InChI is InChI=1S/C10H20N2O2/c1-7(2)12(8(3)4)10(14)9(13)11(5)6/h7-8H,1-6H3. The van der Waals surface area contributed by atoms with Crippen molar-refractivity contribution in [3.63, 3.8) is 0 Å². The minimum absolute atomic E-state index is 0.0476. The normalized spacial score (nSPS) is 10.6. The lowest BCUT2D eigenvalue weighted by Crippen LogP contribution is -2.48. The van der Waals surface area contributed by atoms with E-state index in [0.29, 0.717) is 0 Å². The van der Waals surface area contributed by atoms with Crippen LogP contribution in [0.1, 0.15) is 27.7 Å². The number of rotatable bonds is 2. The molecular weight excluding hydrogens is 180 g/mol. The highest BCUT2D eigenvalue weighted by molar-refractivity contribution is 6.34. The van der Waals surface area contributed by atoms with Gasteiger partial charge in [-0.2, -0.15) is 0 Å². The molecule has 0 radical (unpaired) electrons. The summed E-state index contributed by atoms with van der Waals surface area (Å²) in [6, 6.07) is 0.0952. The second-order valence-electron chi connectivity index (χ2n) is 4.10. The summed E-state index contributed by atoms with van der Waals surface area (Å²) in [4.78, 5) is 26.0. The first-order chi connectivity index (χ1) is 6.29. The predicted molar refractivity (Wildman–Crippen MR) is 55.8 cm³/mol. The lowest BCUT2D eigenvalue weighted by atomic mass is 10.2. The van der Waals surface area contributed by atoms with Crippen molar-refractivity contribution < 1.29 is 9.59 Å². The van der Waals surface area contributed by atoms with Gasteiger partial charge < -0.3 is 9.80 Å². The van der Waals surface area contributed by atoms with Gasteiger partial charge >= 0.3 is 11.8 Å². The number of hydrogen-bond acceptors (Lipinski definition) is 2. The third-order valence-electron chi connectivity index (χ3n) is 1.94. The number of carbonyl (C=O) groups excluding carboxylic acids is 2. The molecule has 0 saturated heterocycles. The molecule has 0 fully saturated rings. The van der Waals surface area contributed by atoms with Crippen LogP contribution in [0.2, 0.25) is 0 Å². The Kier molecular flexibility index (Phi) is 4.60. The van der Waals surface area contributed by atoms with Gasteiger partial charge in [0.25, 0.3) is 0 Å². The lowest BCUT2D eigenvalue weighted by Gasteiger charge is -2.30. The van der Waals surface area contributed by atoms with Crippen molar-refractivity contribution in [3.8, 4) is 0 Å². The molecule has 4 nitrogen and oxygen atoms in total. The Bertz CT molecular complexity index is 214. The van der Waals surface area contributed by atoms with E-state index in [2.05, 4.69) is 0 Å². The Morgan fingerprint density at radius 1 is 0.857 bits per heavy atom. The molecule has 0 aromatic carbocycles. The van der Waals surface area contributed by atoms with Gasteiger partial charge in [-0.05, 0) is 27.7 Å². The molecule has 2 amide bonds. The van der Waals surface area contributed by atoms with E-state index in [1.54, 1.807) is 19.0 Å². The number of carbonyl (C=O) groups is 2. The van der Waals surface area contributed by atoms with Gasteiger partial charge in [0.15, 0.2) is 0 Å². The summed E-state index contributed by atoms with van der Waals surface area (Å²) in [7, 11) is 3.16. The van der Waals surface area contributed by atoms with Crippen molar-refractivity contribution in [2.75, 3.05) is 14.1 Å². The first kappa shape index (κ1) is 12.9. The van der Waals surface area contributed by atoms with Crippen LogP contribution < -0.4 is 0 Å². The topological polar surface area (TPSA) is 40.6 Å². The Balaban J connectivity index is 4.70. The molecule has 82 valence electrons. The Labute approximate surface area is 85.9 Å². The minimum atomic E-state index is -0.465. The average Bonchev–Trinajstić information content (AvgIpc) is 2.01. The molecule has 0 aliphatic carbocycles. The predicted octanol–water partition coefficient (Wildman–Crippen LogP) is 0.720. The summed E-state index contributed by atoms with van der Waals surface area (Å²) in [5.74, 6) is -0.896. The zero-order valence-electron chi connectivity index (χ0n) is 9.87. The van der Waals surface area contributed by atoms with Crippen molar-refractivity contribution >= 4 is 11.8 Å². The molecule has 0 aromatic rings. The van der Waals surface area contributed by atoms with Gasteiger partial charge in [-0.3, -0.25) is 9.59 Å². The summed E-state index contributed by atoms with van der Waals surface area (Å²) in [5, 5.41) is 0. The van der Waals surface area contributed by atoms with Gasteiger partial charge in [-0.1, -0.05) is 0 Å². The second-order valence-corrected chi connectivity index (χ2v) is 4.10. The zero-order chi connectivity index (χ0) is 11.5. The van der Waals surface area contributed by atoms with E-state index in [1.165, 1.54) is 4.90 Å². The maximum Gasteiger partial charge on any atom is 0.312 e. The lowest BCUT2D eigenvalue weighted by molar-refractivity contribution is -0.152. The van der Waals surface area contributed by atoms with Crippen LogP contribution in [0.15, 0.2) is 0 Å². The number of hydrogen-bond donors (Lipinski definition) is 0. The van der Waals surface area contributed by atoms with E-state index in [1.807, 2.05) is 27.7 Å². The van der Waals surface area contributed by atoms with Crippen LogP contribution in [0.25, 0.3) is 0 Å². The summed E-state index contributed by atoms with van der Waals surface area (Å²) in [6.07, 6.45) is 0. The Hall–Kier alpha value is -1.06. The second kappa shape index (κ2) is 4.98. The fourth-order valence-corrected chi connectivity index (χ4v) is 1.37. The SMILES string of the molecule is CC(C)N(C(=O)C(=O)N(C)C)C(C)C. The molecule has 14 heavy (non-hydrogen) atoms. The highest BCUT2D eigenvalue weighted by atomic mass is 16.2. The monoisotopic (exact) mass is 200 g/mol. The summed E-state index contributed by atoms with van der Waals surface area (Å²) in [6.45, 7) is 7.61. The van der Waals surface area contributed by atoms with Crippen LogP contribution in [0, 0.1) is 0 Å². The molecule has 0 atom stereocenters. The molecule has 0 aliphatic rings. The number of amides is 2. The van der Waals surface area contributed by atoms with E-state index in [4.69, 9.17) is 0 Å². The molecule has 0 unspecified atom stereocenters. The molecule has 0 bridgehead atoms. The molecule has 0 aromatic heterocycles. The number of nitrogens with zero attached hydrogens (tertiary/aromatic N) is 2. The van der Waals surface area contributed by atoms with Crippen LogP contribution in [0.4, 0.5) is 0 Å². The van der Waals surface area contributed by atoms with Crippen molar-refractivity contribution in [2.24, 2.45) is 0 Å². The minimum Gasteiger partial charge on any atom is -0.341 e. The summed E-state index contributed by atoms with van der Waals surface area (Å²) >= 11 is 0. The first-order valence-electron chi connectivity index (χ1n) is 4.83. The average molecular weight is 200 g/mol. The summed E-state index contributed by atoms with van der Waals surface area (Å²) in [5.41, 5.74) is 0. The van der Waals surface area contributed by atoms with E-state index >= 15 is 0 Å². The van der Waals surface area contributed by atoms with Crippen molar-refractivity contribution in [1.82, 2.24) is 9.80 Å². The molecule has 4 heteroatoms. The highest BCUT2D eigenvalue weighted by Crippen LogP contribution is 2.06. The fraction of sp³-hybridized carbons (Fsp3) is 0.800. The van der Waals surface area contributed by atoms with E-state index < -0.39 is 11.8 Å². The molecule has 0 rings (SSSR count). The summed E-state index contributed by atoms with van der Waals surface area (Å²) < 4.78 is 0. The Morgan fingerprint density at radius 2 is 1.21 bits per heavy atom. The largest absolute Gasteiger partial charge is 0.341 e. The van der Waals surface area contributed by atoms with Gasteiger partial charge in [-0.15, -0.1) is 0 Å². The van der Waals surface area contributed by atoms with Crippen LogP contribution in [0.3, 0.4) is 0 Å². The van der Waals surface area contributed by atoms with Gasteiger partial charge in [0.1, 0.15) is 0 Å². The highest BCUT2D eigenvalue weighted by Gasteiger charge is 2.27. The van der Waals surface area contributed by atoms with Crippen molar-refractivity contribution in [2.45, 2.75) is 39.8 Å². The van der Waals surface area contributed by atoms with E-state index in [-0.39, 0.29) is 12.1 Å². The van der Waals surface area contributed by atoms with Gasteiger partial charge in [0, 0.05) is 26.2 Å².